The first kappa shape index (κ1) is 11.3. The van der Waals surface area contributed by atoms with Crippen molar-refractivity contribution in [3.63, 3.8) is 0 Å². The third-order valence-corrected chi connectivity index (χ3v) is 2.88. The first-order chi connectivity index (χ1) is 7.70. The zero-order valence-electron chi connectivity index (χ0n) is 9.90. The van der Waals surface area contributed by atoms with Gasteiger partial charge in [0.05, 0.1) is 13.2 Å². The molecule has 3 nitrogen and oxygen atoms in total. The summed E-state index contributed by atoms with van der Waals surface area (Å²) < 4.78 is 11.4. The third kappa shape index (κ3) is 2.30. The maximum absolute atomic E-state index is 6.00. The molecule has 0 aliphatic carbocycles. The smallest absolute Gasteiger partial charge is 0.161 e. The van der Waals surface area contributed by atoms with Gasteiger partial charge in [-0.05, 0) is 24.1 Å². The van der Waals surface area contributed by atoms with Crippen molar-refractivity contribution < 1.29 is 9.47 Å². The van der Waals surface area contributed by atoms with Crippen molar-refractivity contribution in [2.45, 2.75) is 26.3 Å². The molecule has 16 heavy (non-hydrogen) atoms. The Kier molecular flexibility index (Phi) is 3.34. The molecule has 1 aromatic carbocycles. The van der Waals surface area contributed by atoms with Crippen LogP contribution in [0.1, 0.15) is 31.9 Å². The molecule has 0 bridgehead atoms. The average Bonchev–Trinajstić information content (AvgIpc) is 2.50. The molecule has 0 aromatic heterocycles. The zero-order chi connectivity index (χ0) is 11.5. The summed E-state index contributed by atoms with van der Waals surface area (Å²) in [5.41, 5.74) is 7.11. The molecule has 88 valence electrons. The Hall–Kier alpha value is -1.22. The van der Waals surface area contributed by atoms with E-state index in [4.69, 9.17) is 15.2 Å². The Morgan fingerprint density at radius 2 is 2.00 bits per heavy atom. The first-order valence-corrected chi connectivity index (χ1v) is 5.85. The van der Waals surface area contributed by atoms with E-state index < -0.39 is 0 Å². The minimum absolute atomic E-state index is 0.0783. The third-order valence-electron chi connectivity index (χ3n) is 2.88. The van der Waals surface area contributed by atoms with Gasteiger partial charge in [-0.2, -0.15) is 0 Å². The van der Waals surface area contributed by atoms with Gasteiger partial charge >= 0.3 is 0 Å². The molecular weight excluding hydrogens is 202 g/mol. The van der Waals surface area contributed by atoms with E-state index in [9.17, 15) is 0 Å². The summed E-state index contributed by atoms with van der Waals surface area (Å²) in [6.45, 7) is 5.62. The number of nitrogens with two attached hydrogens (primary N) is 1. The second-order valence-electron chi connectivity index (χ2n) is 4.45. The molecule has 3 heteroatoms. The lowest BCUT2D eigenvalue weighted by Gasteiger charge is -2.13. The summed E-state index contributed by atoms with van der Waals surface area (Å²) in [6.07, 6.45) is 0.927. The van der Waals surface area contributed by atoms with E-state index in [0.29, 0.717) is 19.1 Å². The van der Waals surface area contributed by atoms with Crippen LogP contribution in [0, 0.1) is 5.92 Å². The summed E-state index contributed by atoms with van der Waals surface area (Å²) in [7, 11) is 0. The van der Waals surface area contributed by atoms with Crippen LogP contribution in [0.5, 0.6) is 11.5 Å². The predicted octanol–water partition coefficient (Wildman–Crippen LogP) is 2.50. The lowest BCUT2D eigenvalue weighted by Crippen LogP contribution is -2.12. The van der Waals surface area contributed by atoms with Gasteiger partial charge in [0.25, 0.3) is 0 Å². The number of hydrogen-bond acceptors (Lipinski definition) is 3. The molecule has 0 saturated heterocycles. The van der Waals surface area contributed by atoms with Crippen LogP contribution in [-0.4, -0.2) is 13.2 Å². The molecule has 2 rings (SSSR count). The van der Waals surface area contributed by atoms with Gasteiger partial charge in [-0.25, -0.2) is 0 Å². The molecule has 1 unspecified atom stereocenters. The number of fused-ring (bicyclic) bond motifs is 1. The summed E-state index contributed by atoms with van der Waals surface area (Å²) in [4.78, 5) is 0. The van der Waals surface area contributed by atoms with Crippen LogP contribution in [0.25, 0.3) is 0 Å². The number of benzene rings is 1. The topological polar surface area (TPSA) is 44.5 Å². The Balaban J connectivity index is 2.25. The van der Waals surface area contributed by atoms with Crippen molar-refractivity contribution >= 4 is 0 Å². The van der Waals surface area contributed by atoms with Crippen molar-refractivity contribution in [3.8, 4) is 11.5 Å². The van der Waals surface area contributed by atoms with Gasteiger partial charge < -0.3 is 15.2 Å². The van der Waals surface area contributed by atoms with Crippen LogP contribution >= 0.6 is 0 Å². The fourth-order valence-electron chi connectivity index (χ4n) is 1.74. The highest BCUT2D eigenvalue weighted by atomic mass is 16.5. The van der Waals surface area contributed by atoms with E-state index in [2.05, 4.69) is 13.8 Å². The predicted molar refractivity (Wildman–Crippen MR) is 63.8 cm³/mol. The maximum Gasteiger partial charge on any atom is 0.161 e. The Bertz CT molecular complexity index is 365. The van der Waals surface area contributed by atoms with Crippen LogP contribution in [0.15, 0.2) is 18.2 Å². The van der Waals surface area contributed by atoms with Crippen molar-refractivity contribution in [2.24, 2.45) is 11.7 Å². The molecule has 1 aliphatic rings. The van der Waals surface area contributed by atoms with Gasteiger partial charge in [0.1, 0.15) is 0 Å². The van der Waals surface area contributed by atoms with Gasteiger partial charge in [0.15, 0.2) is 11.5 Å². The lowest BCUT2D eigenvalue weighted by atomic mass is 10.1. The Morgan fingerprint density at radius 1 is 1.31 bits per heavy atom. The molecule has 1 heterocycles. The minimum Gasteiger partial charge on any atom is -0.489 e. The quantitative estimate of drug-likeness (QED) is 0.834. The van der Waals surface area contributed by atoms with E-state index in [-0.39, 0.29) is 6.04 Å². The van der Waals surface area contributed by atoms with Crippen LogP contribution in [0.4, 0.5) is 0 Å². The minimum atomic E-state index is 0.0783. The van der Waals surface area contributed by atoms with Crippen molar-refractivity contribution in [2.75, 3.05) is 13.2 Å². The highest BCUT2D eigenvalue weighted by molar-refractivity contribution is 5.44. The van der Waals surface area contributed by atoms with Gasteiger partial charge in [-0.3, -0.25) is 0 Å². The van der Waals surface area contributed by atoms with E-state index in [0.717, 1.165) is 23.5 Å². The molecule has 0 radical (unpaired) electrons. The summed E-state index contributed by atoms with van der Waals surface area (Å²) in [5.74, 6) is 2.08. The van der Waals surface area contributed by atoms with Crippen LogP contribution in [0.3, 0.4) is 0 Å². The van der Waals surface area contributed by atoms with E-state index >= 15 is 0 Å². The molecule has 1 aromatic rings. The second-order valence-corrected chi connectivity index (χ2v) is 4.45. The van der Waals surface area contributed by atoms with Crippen LogP contribution in [-0.2, 0) is 0 Å². The van der Waals surface area contributed by atoms with Crippen LogP contribution < -0.4 is 15.2 Å². The maximum atomic E-state index is 6.00. The van der Waals surface area contributed by atoms with E-state index in [1.54, 1.807) is 0 Å². The largest absolute Gasteiger partial charge is 0.489 e. The first-order valence-electron chi connectivity index (χ1n) is 5.85. The number of ether oxygens (including phenoxy) is 2. The van der Waals surface area contributed by atoms with E-state index in [1.807, 2.05) is 18.2 Å². The Morgan fingerprint density at radius 3 is 2.69 bits per heavy atom. The second kappa shape index (κ2) is 4.74. The molecule has 0 saturated carbocycles. The SMILES string of the molecule is CC[C@H](N)c1ccc2c(c1)OCC(C)CO2. The number of rotatable bonds is 2. The lowest BCUT2D eigenvalue weighted by molar-refractivity contribution is 0.228. The number of hydrogen-bond donors (Lipinski definition) is 1. The van der Waals surface area contributed by atoms with Crippen molar-refractivity contribution in [1.29, 1.82) is 0 Å². The highest BCUT2D eigenvalue weighted by Crippen LogP contribution is 2.33. The van der Waals surface area contributed by atoms with Gasteiger partial charge in [-0.15, -0.1) is 0 Å². The summed E-state index contributed by atoms with van der Waals surface area (Å²) in [6, 6.07) is 6.06. The van der Waals surface area contributed by atoms with E-state index in [1.165, 1.54) is 0 Å². The zero-order valence-corrected chi connectivity index (χ0v) is 9.90. The molecule has 2 N–H and O–H groups in total. The van der Waals surface area contributed by atoms with Gasteiger partial charge in [-0.1, -0.05) is 19.9 Å². The average molecular weight is 221 g/mol. The fraction of sp³-hybridized carbons (Fsp3) is 0.538. The molecule has 1 aliphatic heterocycles. The standard InChI is InChI=1S/C13H19NO2/c1-3-11(14)10-4-5-12-13(6-10)16-8-9(2)7-15-12/h4-6,9,11H,3,7-8,14H2,1-2H3/t9?,11-/m0/s1. The van der Waals surface area contributed by atoms with Crippen molar-refractivity contribution in [3.05, 3.63) is 23.8 Å². The fourth-order valence-corrected chi connectivity index (χ4v) is 1.74. The Labute approximate surface area is 96.5 Å². The van der Waals surface area contributed by atoms with Crippen LogP contribution in [0.2, 0.25) is 0 Å². The molecular formula is C13H19NO2. The molecule has 0 amide bonds. The monoisotopic (exact) mass is 221 g/mol. The normalized spacial score (nSPS) is 21.3. The van der Waals surface area contributed by atoms with Gasteiger partial charge in [0, 0.05) is 12.0 Å². The van der Waals surface area contributed by atoms with Gasteiger partial charge in [0.2, 0.25) is 0 Å². The summed E-state index contributed by atoms with van der Waals surface area (Å²) in [5, 5.41) is 0. The molecule has 2 atom stereocenters. The highest BCUT2D eigenvalue weighted by Gasteiger charge is 2.16. The molecule has 0 spiro atoms. The molecule has 0 fully saturated rings. The summed E-state index contributed by atoms with van der Waals surface area (Å²) >= 11 is 0. The van der Waals surface area contributed by atoms with Crippen molar-refractivity contribution in [1.82, 2.24) is 0 Å².